The molecule has 5 heteroatoms. The zero-order valence-corrected chi connectivity index (χ0v) is 8.40. The van der Waals surface area contributed by atoms with Gasteiger partial charge in [-0.3, -0.25) is 9.89 Å². The van der Waals surface area contributed by atoms with E-state index in [1.54, 1.807) is 18.3 Å². The van der Waals surface area contributed by atoms with E-state index in [0.717, 1.165) is 0 Å². The molecule has 2 aromatic rings. The van der Waals surface area contributed by atoms with Gasteiger partial charge in [0.25, 0.3) is 0 Å². The average molecular weight is 219 g/mol. The van der Waals surface area contributed by atoms with Gasteiger partial charge < -0.3 is 5.32 Å². The van der Waals surface area contributed by atoms with E-state index in [1.807, 2.05) is 0 Å². The molecule has 0 fully saturated rings. The number of rotatable bonds is 3. The molecular weight excluding hydrogens is 209 g/mol. The van der Waals surface area contributed by atoms with Gasteiger partial charge in [-0.25, -0.2) is 4.39 Å². The molecule has 1 aromatic heterocycles. The van der Waals surface area contributed by atoms with E-state index in [-0.39, 0.29) is 18.1 Å². The number of H-pyrrole nitrogens is 1. The van der Waals surface area contributed by atoms with E-state index in [9.17, 15) is 9.18 Å². The summed E-state index contributed by atoms with van der Waals surface area (Å²) in [6, 6.07) is 5.97. The zero-order valence-electron chi connectivity index (χ0n) is 8.40. The van der Waals surface area contributed by atoms with Crippen LogP contribution in [0.2, 0.25) is 0 Å². The van der Waals surface area contributed by atoms with Gasteiger partial charge >= 0.3 is 0 Å². The molecule has 0 aliphatic heterocycles. The van der Waals surface area contributed by atoms with Crippen molar-refractivity contribution in [1.29, 1.82) is 0 Å². The Bertz CT molecular complexity index is 482. The number of aromatic nitrogens is 2. The highest BCUT2D eigenvalue weighted by molar-refractivity contribution is 5.91. The number of aromatic amines is 1. The van der Waals surface area contributed by atoms with Crippen LogP contribution in [0.25, 0.3) is 0 Å². The molecule has 0 atom stereocenters. The molecule has 0 bridgehead atoms. The lowest BCUT2D eigenvalue weighted by Gasteiger charge is -2.02. The number of carbonyl (C=O) groups is 1. The Morgan fingerprint density at radius 2 is 2.38 bits per heavy atom. The van der Waals surface area contributed by atoms with Crippen molar-refractivity contribution in [1.82, 2.24) is 10.2 Å². The number of nitrogens with zero attached hydrogens (tertiary/aromatic N) is 1. The molecule has 0 saturated heterocycles. The molecule has 1 aromatic carbocycles. The summed E-state index contributed by atoms with van der Waals surface area (Å²) >= 11 is 0. The Balaban J connectivity index is 1.97. The van der Waals surface area contributed by atoms with Crippen LogP contribution in [0.1, 0.15) is 5.56 Å². The quantitative estimate of drug-likeness (QED) is 0.825. The van der Waals surface area contributed by atoms with Crippen LogP contribution in [0.5, 0.6) is 0 Å². The molecule has 1 amide bonds. The third kappa shape index (κ3) is 2.66. The standard InChI is InChI=1S/C11H10FN3O/c12-9-3-1-2-8(4-9)5-11(16)15-10-6-13-14-7-10/h1-4,6-7H,5H2,(H,13,14)(H,15,16). The van der Waals surface area contributed by atoms with Crippen LogP contribution in [-0.2, 0) is 11.2 Å². The Morgan fingerprint density at radius 1 is 1.50 bits per heavy atom. The first kappa shape index (κ1) is 10.4. The first-order valence-electron chi connectivity index (χ1n) is 4.77. The topological polar surface area (TPSA) is 57.8 Å². The van der Waals surface area contributed by atoms with Gasteiger partial charge in [-0.15, -0.1) is 0 Å². The summed E-state index contributed by atoms with van der Waals surface area (Å²) in [4.78, 5) is 11.5. The van der Waals surface area contributed by atoms with Crippen molar-refractivity contribution in [2.24, 2.45) is 0 Å². The fourth-order valence-electron chi connectivity index (χ4n) is 1.36. The van der Waals surface area contributed by atoms with E-state index in [1.165, 1.54) is 18.3 Å². The number of halogens is 1. The Morgan fingerprint density at radius 3 is 3.06 bits per heavy atom. The molecule has 82 valence electrons. The lowest BCUT2D eigenvalue weighted by molar-refractivity contribution is -0.115. The second-order valence-electron chi connectivity index (χ2n) is 3.34. The fourth-order valence-corrected chi connectivity index (χ4v) is 1.36. The van der Waals surface area contributed by atoms with Crippen LogP contribution in [0.4, 0.5) is 10.1 Å². The molecule has 0 saturated carbocycles. The van der Waals surface area contributed by atoms with Crippen molar-refractivity contribution >= 4 is 11.6 Å². The summed E-state index contributed by atoms with van der Waals surface area (Å²) in [5.41, 5.74) is 1.24. The third-order valence-corrected chi connectivity index (χ3v) is 2.04. The van der Waals surface area contributed by atoms with Crippen molar-refractivity contribution in [2.45, 2.75) is 6.42 Å². The molecule has 2 N–H and O–H groups in total. The molecule has 1 heterocycles. The van der Waals surface area contributed by atoms with Crippen molar-refractivity contribution in [3.63, 3.8) is 0 Å². The molecule has 4 nitrogen and oxygen atoms in total. The second-order valence-corrected chi connectivity index (χ2v) is 3.34. The van der Waals surface area contributed by atoms with Crippen LogP contribution < -0.4 is 5.32 Å². The van der Waals surface area contributed by atoms with Gasteiger partial charge in [0.15, 0.2) is 0 Å². The monoisotopic (exact) mass is 219 g/mol. The van der Waals surface area contributed by atoms with E-state index < -0.39 is 0 Å². The largest absolute Gasteiger partial charge is 0.323 e. The number of hydrogen-bond donors (Lipinski definition) is 2. The number of hydrogen-bond acceptors (Lipinski definition) is 2. The van der Waals surface area contributed by atoms with Gasteiger partial charge in [0.05, 0.1) is 18.3 Å². The minimum atomic E-state index is -0.339. The van der Waals surface area contributed by atoms with Crippen molar-refractivity contribution in [3.05, 3.63) is 48.0 Å². The van der Waals surface area contributed by atoms with Crippen LogP contribution in [-0.4, -0.2) is 16.1 Å². The molecule has 0 radical (unpaired) electrons. The maximum Gasteiger partial charge on any atom is 0.228 e. The number of benzene rings is 1. The second kappa shape index (κ2) is 4.57. The summed E-state index contributed by atoms with van der Waals surface area (Å²) in [6.45, 7) is 0. The average Bonchev–Trinajstić information content (AvgIpc) is 2.70. The van der Waals surface area contributed by atoms with Crippen LogP contribution in [0, 0.1) is 5.82 Å². The molecular formula is C11H10FN3O. The van der Waals surface area contributed by atoms with E-state index in [0.29, 0.717) is 11.3 Å². The fraction of sp³-hybridized carbons (Fsp3) is 0.0909. The minimum Gasteiger partial charge on any atom is -0.323 e. The Kier molecular flexibility index (Phi) is 2.95. The van der Waals surface area contributed by atoms with Crippen molar-refractivity contribution in [2.75, 3.05) is 5.32 Å². The summed E-state index contributed by atoms with van der Waals surface area (Å²) in [5.74, 6) is -0.541. The molecule has 0 spiro atoms. The first-order valence-corrected chi connectivity index (χ1v) is 4.77. The predicted octanol–water partition coefficient (Wildman–Crippen LogP) is 1.73. The lowest BCUT2D eigenvalue weighted by Crippen LogP contribution is -2.13. The molecule has 2 rings (SSSR count). The smallest absolute Gasteiger partial charge is 0.228 e. The van der Waals surface area contributed by atoms with E-state index in [4.69, 9.17) is 0 Å². The Labute approximate surface area is 91.5 Å². The number of amides is 1. The molecule has 0 unspecified atom stereocenters. The highest BCUT2D eigenvalue weighted by atomic mass is 19.1. The maximum absolute atomic E-state index is 12.8. The predicted molar refractivity (Wildman–Crippen MR) is 57.3 cm³/mol. The van der Waals surface area contributed by atoms with Gasteiger partial charge in [0.2, 0.25) is 5.91 Å². The lowest BCUT2D eigenvalue weighted by atomic mass is 10.1. The van der Waals surface area contributed by atoms with Gasteiger partial charge in [0, 0.05) is 6.20 Å². The molecule has 0 aliphatic rings. The Hall–Kier alpha value is -2.17. The highest BCUT2D eigenvalue weighted by Gasteiger charge is 2.05. The molecule has 0 aliphatic carbocycles. The highest BCUT2D eigenvalue weighted by Crippen LogP contribution is 2.06. The number of nitrogens with one attached hydrogen (secondary N) is 2. The minimum absolute atomic E-state index is 0.142. The van der Waals surface area contributed by atoms with E-state index in [2.05, 4.69) is 15.5 Å². The summed E-state index contributed by atoms with van der Waals surface area (Å²) in [5, 5.41) is 8.91. The summed E-state index contributed by atoms with van der Waals surface area (Å²) in [7, 11) is 0. The van der Waals surface area contributed by atoms with E-state index >= 15 is 0 Å². The van der Waals surface area contributed by atoms with Crippen LogP contribution >= 0.6 is 0 Å². The van der Waals surface area contributed by atoms with Crippen LogP contribution in [0.15, 0.2) is 36.7 Å². The van der Waals surface area contributed by atoms with Crippen LogP contribution in [0.3, 0.4) is 0 Å². The van der Waals surface area contributed by atoms with Gasteiger partial charge in [0.1, 0.15) is 5.82 Å². The summed E-state index contributed by atoms with van der Waals surface area (Å²) in [6.07, 6.45) is 3.22. The van der Waals surface area contributed by atoms with Gasteiger partial charge in [-0.1, -0.05) is 12.1 Å². The maximum atomic E-state index is 12.8. The zero-order chi connectivity index (χ0) is 11.4. The van der Waals surface area contributed by atoms with Gasteiger partial charge in [-0.05, 0) is 17.7 Å². The van der Waals surface area contributed by atoms with Crippen molar-refractivity contribution < 1.29 is 9.18 Å². The number of carbonyl (C=O) groups excluding carboxylic acids is 1. The first-order chi connectivity index (χ1) is 7.74. The molecule has 16 heavy (non-hydrogen) atoms. The third-order valence-electron chi connectivity index (χ3n) is 2.04. The summed E-state index contributed by atoms with van der Waals surface area (Å²) < 4.78 is 12.8. The van der Waals surface area contributed by atoms with Gasteiger partial charge in [-0.2, -0.15) is 5.10 Å². The number of anilines is 1. The normalized spacial score (nSPS) is 10.1. The SMILES string of the molecule is O=C(Cc1cccc(F)c1)Nc1cn[nH]c1. The van der Waals surface area contributed by atoms with Crippen molar-refractivity contribution in [3.8, 4) is 0 Å².